The van der Waals surface area contributed by atoms with Gasteiger partial charge in [0.25, 0.3) is 6.47 Å². The van der Waals surface area contributed by atoms with Crippen molar-refractivity contribution in [2.24, 2.45) is 0 Å². The van der Waals surface area contributed by atoms with Crippen molar-refractivity contribution in [2.75, 3.05) is 6.61 Å². The molecule has 0 aliphatic heterocycles. The van der Waals surface area contributed by atoms with E-state index in [1.165, 1.54) is 6.07 Å². The molecule has 1 unspecified atom stereocenters. The summed E-state index contributed by atoms with van der Waals surface area (Å²) in [5.41, 5.74) is 1.80. The summed E-state index contributed by atoms with van der Waals surface area (Å²) in [7, 11) is 0. The van der Waals surface area contributed by atoms with E-state index >= 15 is 0 Å². The third kappa shape index (κ3) is 3.03. The minimum atomic E-state index is -0.369. The zero-order chi connectivity index (χ0) is 14.5. The van der Waals surface area contributed by atoms with Crippen molar-refractivity contribution in [1.82, 2.24) is 0 Å². The molecule has 3 nitrogen and oxygen atoms in total. The summed E-state index contributed by atoms with van der Waals surface area (Å²) < 4.78 is 18.9. The van der Waals surface area contributed by atoms with Crippen molar-refractivity contribution >= 4 is 6.47 Å². The van der Waals surface area contributed by atoms with Crippen molar-refractivity contribution in [3.8, 4) is 16.9 Å². The smallest absolute Gasteiger partial charge is 0.298 e. The van der Waals surface area contributed by atoms with Gasteiger partial charge in [-0.05, 0) is 29.3 Å². The zero-order valence-corrected chi connectivity index (χ0v) is 11.0. The summed E-state index contributed by atoms with van der Waals surface area (Å²) in [6.45, 7) is 2.13. The summed E-state index contributed by atoms with van der Waals surface area (Å²) in [6.07, 6.45) is 0. The fraction of sp³-hybridized carbons (Fsp3) is 0.188. The van der Waals surface area contributed by atoms with Gasteiger partial charge >= 0.3 is 0 Å². The van der Waals surface area contributed by atoms with E-state index in [-0.39, 0.29) is 18.3 Å². The first-order valence-corrected chi connectivity index (χ1v) is 6.26. The van der Waals surface area contributed by atoms with Crippen LogP contribution in [0.5, 0.6) is 5.75 Å². The summed E-state index contributed by atoms with van der Waals surface area (Å²) in [5.74, 6) is -0.112. The first kappa shape index (κ1) is 14.2. The average Bonchev–Trinajstić information content (AvgIpc) is 2.47. The predicted octanol–water partition coefficient (Wildman–Crippen LogP) is 3.12. The molecule has 0 saturated heterocycles. The van der Waals surface area contributed by atoms with Crippen molar-refractivity contribution < 1.29 is 19.0 Å². The number of hydrogen-bond donors (Lipinski definition) is 1. The summed E-state index contributed by atoms with van der Waals surface area (Å²) in [4.78, 5) is 10.3. The van der Waals surface area contributed by atoms with Crippen LogP contribution in [0.25, 0.3) is 11.1 Å². The Morgan fingerprint density at radius 3 is 2.75 bits per heavy atom. The normalized spacial score (nSPS) is 11.9. The van der Waals surface area contributed by atoms with E-state index < -0.39 is 0 Å². The molecule has 0 heterocycles. The molecule has 0 saturated carbocycles. The van der Waals surface area contributed by atoms with Crippen molar-refractivity contribution in [1.29, 1.82) is 0 Å². The predicted molar refractivity (Wildman–Crippen MR) is 74.0 cm³/mol. The lowest BCUT2D eigenvalue weighted by molar-refractivity contribution is -0.120. The maximum absolute atomic E-state index is 14.2. The van der Waals surface area contributed by atoms with Crippen LogP contribution in [0.3, 0.4) is 0 Å². The monoisotopic (exact) mass is 274 g/mol. The summed E-state index contributed by atoms with van der Waals surface area (Å²) >= 11 is 0. The molecule has 1 N–H and O–H groups in total. The van der Waals surface area contributed by atoms with E-state index in [2.05, 4.69) is 0 Å². The Balaban J connectivity index is 2.38. The highest BCUT2D eigenvalue weighted by molar-refractivity contribution is 5.66. The second kappa shape index (κ2) is 6.30. The molecule has 1 atom stereocenters. The fourth-order valence-corrected chi connectivity index (χ4v) is 1.97. The van der Waals surface area contributed by atoms with Crippen LogP contribution in [0.15, 0.2) is 42.5 Å². The molecule has 0 spiro atoms. The van der Waals surface area contributed by atoms with Crippen LogP contribution >= 0.6 is 0 Å². The quantitative estimate of drug-likeness (QED) is 0.852. The van der Waals surface area contributed by atoms with Gasteiger partial charge in [0.2, 0.25) is 0 Å². The van der Waals surface area contributed by atoms with Crippen LogP contribution in [0.2, 0.25) is 0 Å². The van der Waals surface area contributed by atoms with E-state index in [0.717, 1.165) is 5.56 Å². The van der Waals surface area contributed by atoms with Crippen LogP contribution in [-0.4, -0.2) is 18.2 Å². The Morgan fingerprint density at radius 1 is 1.30 bits per heavy atom. The standard InChI is InChI=1S/C16H15FO3/c1-11(9-18)12-5-6-15(16(17)8-12)13-3-2-4-14(7-13)20-10-19/h2-8,10-11,18H,9H2,1H3. The van der Waals surface area contributed by atoms with Gasteiger partial charge in [-0.3, -0.25) is 4.79 Å². The van der Waals surface area contributed by atoms with Gasteiger partial charge in [0.1, 0.15) is 11.6 Å². The molecule has 0 bridgehead atoms. The molecular weight excluding hydrogens is 259 g/mol. The molecule has 4 heteroatoms. The number of halogens is 1. The molecule has 2 rings (SSSR count). The highest BCUT2D eigenvalue weighted by atomic mass is 19.1. The largest absolute Gasteiger partial charge is 0.429 e. The molecule has 0 fully saturated rings. The van der Waals surface area contributed by atoms with Crippen molar-refractivity contribution in [2.45, 2.75) is 12.8 Å². The topological polar surface area (TPSA) is 46.5 Å². The highest BCUT2D eigenvalue weighted by Gasteiger charge is 2.10. The highest BCUT2D eigenvalue weighted by Crippen LogP contribution is 2.28. The molecular formula is C16H15FO3. The zero-order valence-electron chi connectivity index (χ0n) is 11.0. The van der Waals surface area contributed by atoms with Crippen LogP contribution in [0, 0.1) is 5.82 Å². The lowest BCUT2D eigenvalue weighted by Gasteiger charge is -2.11. The third-order valence-corrected chi connectivity index (χ3v) is 3.17. The number of carbonyl (C=O) groups is 1. The Kier molecular flexibility index (Phi) is 4.48. The van der Waals surface area contributed by atoms with E-state index in [1.807, 2.05) is 6.92 Å². The molecule has 104 valence electrons. The molecule has 20 heavy (non-hydrogen) atoms. The SMILES string of the molecule is CC(CO)c1ccc(-c2cccc(OC=O)c2)c(F)c1. The molecule has 0 aliphatic carbocycles. The second-order valence-corrected chi connectivity index (χ2v) is 4.56. The van der Waals surface area contributed by atoms with Gasteiger partial charge in [0, 0.05) is 18.1 Å². The van der Waals surface area contributed by atoms with Gasteiger partial charge in [-0.25, -0.2) is 4.39 Å². The van der Waals surface area contributed by atoms with E-state index in [4.69, 9.17) is 9.84 Å². The Morgan fingerprint density at radius 2 is 2.10 bits per heavy atom. The van der Waals surface area contributed by atoms with Crippen LogP contribution < -0.4 is 4.74 Å². The van der Waals surface area contributed by atoms with Crippen molar-refractivity contribution in [3.63, 3.8) is 0 Å². The van der Waals surface area contributed by atoms with Crippen LogP contribution in [0.4, 0.5) is 4.39 Å². The van der Waals surface area contributed by atoms with Gasteiger partial charge in [-0.15, -0.1) is 0 Å². The number of benzene rings is 2. The summed E-state index contributed by atoms with van der Waals surface area (Å²) in [6, 6.07) is 11.5. The molecule has 2 aromatic rings. The van der Waals surface area contributed by atoms with Gasteiger partial charge in [-0.1, -0.05) is 31.2 Å². The Bertz CT molecular complexity index is 610. The Hall–Kier alpha value is -2.20. The lowest BCUT2D eigenvalue weighted by Crippen LogP contribution is -2.00. The third-order valence-electron chi connectivity index (χ3n) is 3.17. The number of aliphatic hydroxyl groups excluding tert-OH is 1. The Labute approximate surface area is 116 Å². The van der Waals surface area contributed by atoms with Gasteiger partial charge in [0.05, 0.1) is 0 Å². The van der Waals surface area contributed by atoms with E-state index in [1.54, 1.807) is 36.4 Å². The lowest BCUT2D eigenvalue weighted by atomic mass is 9.97. The van der Waals surface area contributed by atoms with Crippen molar-refractivity contribution in [3.05, 3.63) is 53.8 Å². The van der Waals surface area contributed by atoms with E-state index in [0.29, 0.717) is 23.3 Å². The van der Waals surface area contributed by atoms with Gasteiger partial charge in [0.15, 0.2) is 0 Å². The fourth-order valence-electron chi connectivity index (χ4n) is 1.97. The first-order valence-electron chi connectivity index (χ1n) is 6.26. The van der Waals surface area contributed by atoms with Crippen LogP contribution in [-0.2, 0) is 4.79 Å². The maximum atomic E-state index is 14.2. The minimum Gasteiger partial charge on any atom is -0.429 e. The molecule has 0 aliphatic rings. The number of carbonyl (C=O) groups excluding carboxylic acids is 1. The molecule has 0 aromatic heterocycles. The molecule has 2 aromatic carbocycles. The van der Waals surface area contributed by atoms with Gasteiger partial charge < -0.3 is 9.84 Å². The number of ether oxygens (including phenoxy) is 1. The second-order valence-electron chi connectivity index (χ2n) is 4.56. The van der Waals surface area contributed by atoms with E-state index in [9.17, 15) is 9.18 Å². The summed E-state index contributed by atoms with van der Waals surface area (Å²) in [5, 5.41) is 9.09. The molecule has 0 amide bonds. The average molecular weight is 274 g/mol. The maximum Gasteiger partial charge on any atom is 0.298 e. The first-order chi connectivity index (χ1) is 9.65. The number of hydrogen-bond acceptors (Lipinski definition) is 3. The van der Waals surface area contributed by atoms with Crippen LogP contribution in [0.1, 0.15) is 18.4 Å². The van der Waals surface area contributed by atoms with Gasteiger partial charge in [-0.2, -0.15) is 0 Å². The number of aliphatic hydroxyl groups is 1. The number of rotatable bonds is 5. The minimum absolute atomic E-state index is 0.0263. The molecule has 0 radical (unpaired) electrons.